The van der Waals surface area contributed by atoms with Crippen LogP contribution in [0.1, 0.15) is 33.1 Å². The van der Waals surface area contributed by atoms with Crippen LogP contribution in [0.25, 0.3) is 0 Å². The standard InChI is InChI=1S/C17H27NO2/c1-3-19-16-6-4-5-7-17(16)20-11-10-18-13-15-9-8-14(2)12-15/h4-7,14-15,18H,3,8-13H2,1-2H3. The molecule has 2 rings (SSSR count). The molecule has 1 saturated carbocycles. The highest BCUT2D eigenvalue weighted by Gasteiger charge is 2.20. The summed E-state index contributed by atoms with van der Waals surface area (Å²) in [6, 6.07) is 7.86. The summed E-state index contributed by atoms with van der Waals surface area (Å²) in [5.41, 5.74) is 0. The molecule has 1 fully saturated rings. The first-order chi connectivity index (χ1) is 9.79. The van der Waals surface area contributed by atoms with Crippen molar-refractivity contribution in [2.75, 3.05) is 26.3 Å². The van der Waals surface area contributed by atoms with Crippen LogP contribution in [0.5, 0.6) is 11.5 Å². The van der Waals surface area contributed by atoms with Gasteiger partial charge in [0.2, 0.25) is 0 Å². The maximum atomic E-state index is 5.79. The SMILES string of the molecule is CCOc1ccccc1OCCNCC1CCC(C)C1. The first-order valence-corrected chi connectivity index (χ1v) is 7.85. The molecule has 3 nitrogen and oxygen atoms in total. The van der Waals surface area contributed by atoms with Gasteiger partial charge in [-0.15, -0.1) is 0 Å². The molecule has 2 atom stereocenters. The van der Waals surface area contributed by atoms with Gasteiger partial charge in [-0.2, -0.15) is 0 Å². The molecule has 0 amide bonds. The fraction of sp³-hybridized carbons (Fsp3) is 0.647. The fourth-order valence-electron chi connectivity index (χ4n) is 2.89. The van der Waals surface area contributed by atoms with E-state index in [9.17, 15) is 0 Å². The summed E-state index contributed by atoms with van der Waals surface area (Å²) < 4.78 is 11.3. The predicted molar refractivity (Wildman–Crippen MR) is 82.5 cm³/mol. The van der Waals surface area contributed by atoms with Gasteiger partial charge in [0.15, 0.2) is 11.5 Å². The van der Waals surface area contributed by atoms with Crippen LogP contribution < -0.4 is 14.8 Å². The molecule has 0 radical (unpaired) electrons. The van der Waals surface area contributed by atoms with Gasteiger partial charge >= 0.3 is 0 Å². The zero-order chi connectivity index (χ0) is 14.2. The molecule has 1 aliphatic carbocycles. The number of para-hydroxylation sites is 2. The lowest BCUT2D eigenvalue weighted by Crippen LogP contribution is -2.26. The lowest BCUT2D eigenvalue weighted by molar-refractivity contribution is 0.273. The van der Waals surface area contributed by atoms with Crippen LogP contribution in [0.15, 0.2) is 24.3 Å². The van der Waals surface area contributed by atoms with Crippen LogP contribution in [0.2, 0.25) is 0 Å². The number of benzene rings is 1. The molecule has 1 N–H and O–H groups in total. The van der Waals surface area contributed by atoms with E-state index in [2.05, 4.69) is 12.2 Å². The van der Waals surface area contributed by atoms with Crippen LogP contribution in [0.3, 0.4) is 0 Å². The maximum absolute atomic E-state index is 5.79. The van der Waals surface area contributed by atoms with Crippen LogP contribution in [-0.2, 0) is 0 Å². The molecule has 0 heterocycles. The van der Waals surface area contributed by atoms with Crippen molar-refractivity contribution >= 4 is 0 Å². The zero-order valence-electron chi connectivity index (χ0n) is 12.7. The number of ether oxygens (including phenoxy) is 2. The molecule has 2 unspecified atom stereocenters. The Labute approximate surface area is 122 Å². The molecule has 1 aromatic carbocycles. The van der Waals surface area contributed by atoms with Crippen molar-refractivity contribution in [3.05, 3.63) is 24.3 Å². The fourth-order valence-corrected chi connectivity index (χ4v) is 2.89. The molecule has 0 saturated heterocycles. The molecule has 1 aliphatic rings. The number of rotatable bonds is 8. The molecule has 0 aromatic heterocycles. The molecule has 3 heteroatoms. The van der Waals surface area contributed by atoms with Gasteiger partial charge in [0.1, 0.15) is 6.61 Å². The minimum absolute atomic E-state index is 0.665. The van der Waals surface area contributed by atoms with E-state index in [0.29, 0.717) is 13.2 Å². The van der Waals surface area contributed by atoms with Gasteiger partial charge in [0.25, 0.3) is 0 Å². The molecular formula is C17H27NO2. The molecule has 20 heavy (non-hydrogen) atoms. The number of hydrogen-bond acceptors (Lipinski definition) is 3. The van der Waals surface area contributed by atoms with Crippen molar-refractivity contribution in [1.82, 2.24) is 5.32 Å². The Hall–Kier alpha value is -1.22. The normalized spacial score (nSPS) is 21.9. The van der Waals surface area contributed by atoms with Gasteiger partial charge in [-0.25, -0.2) is 0 Å². The summed E-state index contributed by atoms with van der Waals surface area (Å²) >= 11 is 0. The summed E-state index contributed by atoms with van der Waals surface area (Å²) in [6.07, 6.45) is 4.15. The molecular weight excluding hydrogens is 250 g/mol. The van der Waals surface area contributed by atoms with Crippen LogP contribution in [0, 0.1) is 11.8 Å². The topological polar surface area (TPSA) is 30.5 Å². The summed E-state index contributed by atoms with van der Waals surface area (Å²) in [5, 5.41) is 3.50. The highest BCUT2D eigenvalue weighted by Crippen LogP contribution is 2.29. The molecule has 1 aromatic rings. The number of nitrogens with one attached hydrogen (secondary N) is 1. The lowest BCUT2D eigenvalue weighted by atomic mass is 10.1. The van der Waals surface area contributed by atoms with Gasteiger partial charge in [0, 0.05) is 6.54 Å². The van der Waals surface area contributed by atoms with E-state index >= 15 is 0 Å². The van der Waals surface area contributed by atoms with E-state index < -0.39 is 0 Å². The largest absolute Gasteiger partial charge is 0.490 e. The Balaban J connectivity index is 1.63. The van der Waals surface area contributed by atoms with Crippen molar-refractivity contribution in [2.45, 2.75) is 33.1 Å². The summed E-state index contributed by atoms with van der Waals surface area (Å²) in [6.45, 7) is 7.71. The average Bonchev–Trinajstić information content (AvgIpc) is 2.86. The van der Waals surface area contributed by atoms with E-state index in [4.69, 9.17) is 9.47 Å². The third-order valence-corrected chi connectivity index (χ3v) is 3.92. The Kier molecular flexibility index (Phi) is 6.19. The van der Waals surface area contributed by atoms with Crippen molar-refractivity contribution in [3.63, 3.8) is 0 Å². The second kappa shape index (κ2) is 8.15. The summed E-state index contributed by atoms with van der Waals surface area (Å²) in [4.78, 5) is 0. The van der Waals surface area contributed by atoms with Gasteiger partial charge in [-0.05, 0) is 50.3 Å². The Morgan fingerprint density at radius 1 is 1.15 bits per heavy atom. The van der Waals surface area contributed by atoms with Crippen molar-refractivity contribution in [2.24, 2.45) is 11.8 Å². The highest BCUT2D eigenvalue weighted by atomic mass is 16.5. The van der Waals surface area contributed by atoms with Crippen molar-refractivity contribution in [1.29, 1.82) is 0 Å². The predicted octanol–water partition coefficient (Wildman–Crippen LogP) is 3.49. The van der Waals surface area contributed by atoms with Crippen molar-refractivity contribution < 1.29 is 9.47 Å². The monoisotopic (exact) mass is 277 g/mol. The molecule has 0 bridgehead atoms. The third kappa shape index (κ3) is 4.71. The van der Waals surface area contributed by atoms with Crippen LogP contribution in [0.4, 0.5) is 0 Å². The zero-order valence-corrected chi connectivity index (χ0v) is 12.7. The highest BCUT2D eigenvalue weighted by molar-refractivity contribution is 5.39. The first kappa shape index (κ1) is 15.2. The van der Waals surface area contributed by atoms with E-state index in [0.717, 1.165) is 36.4 Å². The second-order valence-corrected chi connectivity index (χ2v) is 5.72. The van der Waals surface area contributed by atoms with Crippen LogP contribution >= 0.6 is 0 Å². The smallest absolute Gasteiger partial charge is 0.161 e. The van der Waals surface area contributed by atoms with Gasteiger partial charge in [-0.1, -0.05) is 25.5 Å². The minimum atomic E-state index is 0.665. The Morgan fingerprint density at radius 3 is 2.55 bits per heavy atom. The Bertz CT molecular complexity index is 394. The van der Waals surface area contributed by atoms with E-state index in [1.165, 1.54) is 19.3 Å². The van der Waals surface area contributed by atoms with Gasteiger partial charge < -0.3 is 14.8 Å². The lowest BCUT2D eigenvalue weighted by Gasteiger charge is -2.13. The van der Waals surface area contributed by atoms with E-state index in [1.807, 2.05) is 31.2 Å². The third-order valence-electron chi connectivity index (χ3n) is 3.92. The first-order valence-electron chi connectivity index (χ1n) is 7.85. The van der Waals surface area contributed by atoms with E-state index in [1.54, 1.807) is 0 Å². The van der Waals surface area contributed by atoms with E-state index in [-0.39, 0.29) is 0 Å². The van der Waals surface area contributed by atoms with Gasteiger partial charge in [0.05, 0.1) is 6.61 Å². The summed E-state index contributed by atoms with van der Waals surface area (Å²) in [5.74, 6) is 3.45. The van der Waals surface area contributed by atoms with Crippen molar-refractivity contribution in [3.8, 4) is 11.5 Å². The van der Waals surface area contributed by atoms with Crippen LogP contribution in [-0.4, -0.2) is 26.3 Å². The summed E-state index contributed by atoms with van der Waals surface area (Å²) in [7, 11) is 0. The number of hydrogen-bond donors (Lipinski definition) is 1. The average molecular weight is 277 g/mol. The molecule has 0 aliphatic heterocycles. The van der Waals surface area contributed by atoms with Gasteiger partial charge in [-0.3, -0.25) is 0 Å². The second-order valence-electron chi connectivity index (χ2n) is 5.72. The molecule has 0 spiro atoms. The minimum Gasteiger partial charge on any atom is -0.490 e. The maximum Gasteiger partial charge on any atom is 0.161 e. The molecule has 112 valence electrons. The quantitative estimate of drug-likeness (QED) is 0.738. The Morgan fingerprint density at radius 2 is 1.90 bits per heavy atom.